The minimum Gasteiger partial charge on any atom is -0.383 e. The predicted molar refractivity (Wildman–Crippen MR) is 85.8 cm³/mol. The summed E-state index contributed by atoms with van der Waals surface area (Å²) in [7, 11) is 3.50. The van der Waals surface area contributed by atoms with E-state index < -0.39 is 0 Å². The van der Waals surface area contributed by atoms with Crippen molar-refractivity contribution in [1.82, 2.24) is 10.2 Å². The number of methoxy groups -OCH3 is 2. The Bertz CT molecular complexity index is 264. The van der Waals surface area contributed by atoms with Crippen LogP contribution in [-0.4, -0.2) is 76.3 Å². The topological polar surface area (TPSA) is 43.0 Å². The summed E-state index contributed by atoms with van der Waals surface area (Å²) in [6.07, 6.45) is 2.99. The zero-order valence-corrected chi connectivity index (χ0v) is 14.4. The highest BCUT2D eigenvalue weighted by atomic mass is 16.5. The molecule has 0 aromatic heterocycles. The van der Waals surface area contributed by atoms with Gasteiger partial charge in [-0.05, 0) is 19.8 Å². The molecule has 0 aliphatic carbocycles. The molecule has 0 bridgehead atoms. The Morgan fingerprint density at radius 1 is 1.14 bits per heavy atom. The van der Waals surface area contributed by atoms with Crippen LogP contribution < -0.4 is 5.32 Å². The Balaban J connectivity index is 2.37. The van der Waals surface area contributed by atoms with Crippen molar-refractivity contribution < 1.29 is 14.2 Å². The van der Waals surface area contributed by atoms with E-state index in [1.165, 1.54) is 0 Å². The first-order valence-electron chi connectivity index (χ1n) is 8.17. The second kappa shape index (κ2) is 10.5. The molecule has 1 fully saturated rings. The molecule has 5 heteroatoms. The Hall–Kier alpha value is -0.200. The molecule has 1 aliphatic heterocycles. The molecule has 1 N–H and O–H groups in total. The zero-order valence-electron chi connectivity index (χ0n) is 14.4. The third-order valence-electron chi connectivity index (χ3n) is 4.00. The highest BCUT2D eigenvalue weighted by Gasteiger charge is 2.28. The van der Waals surface area contributed by atoms with E-state index in [4.69, 9.17) is 14.2 Å². The average Bonchev–Trinajstić information content (AvgIpc) is 2.89. The number of nitrogens with one attached hydrogen (secondary N) is 1. The fraction of sp³-hybridized carbons (Fsp3) is 1.00. The Morgan fingerprint density at radius 2 is 1.86 bits per heavy atom. The fourth-order valence-corrected chi connectivity index (χ4v) is 2.74. The van der Waals surface area contributed by atoms with Gasteiger partial charge in [-0.2, -0.15) is 0 Å². The molecule has 1 heterocycles. The Kier molecular flexibility index (Phi) is 9.44. The summed E-state index contributed by atoms with van der Waals surface area (Å²) >= 11 is 0. The first-order chi connectivity index (χ1) is 10.1. The third kappa shape index (κ3) is 7.56. The van der Waals surface area contributed by atoms with E-state index in [0.29, 0.717) is 24.3 Å². The lowest BCUT2D eigenvalue weighted by Gasteiger charge is -2.30. The van der Waals surface area contributed by atoms with E-state index in [9.17, 15) is 0 Å². The molecular formula is C16H34N2O3. The summed E-state index contributed by atoms with van der Waals surface area (Å²) in [5, 5.41) is 3.46. The van der Waals surface area contributed by atoms with Crippen LogP contribution in [0.15, 0.2) is 0 Å². The summed E-state index contributed by atoms with van der Waals surface area (Å²) in [5.41, 5.74) is 0. The Morgan fingerprint density at radius 3 is 2.48 bits per heavy atom. The van der Waals surface area contributed by atoms with Crippen LogP contribution in [0.4, 0.5) is 0 Å². The molecule has 126 valence electrons. The standard InChI is InChI=1S/C16H34N2O3/c1-13(2)17-10-15-6-7-16(21-15)11-18(8-9-19-4)14(3)12-20-5/h13-17H,6-12H2,1-5H3. The molecular weight excluding hydrogens is 268 g/mol. The molecule has 0 radical (unpaired) electrons. The summed E-state index contributed by atoms with van der Waals surface area (Å²) in [5.74, 6) is 0. The van der Waals surface area contributed by atoms with E-state index in [2.05, 4.69) is 31.0 Å². The molecule has 3 unspecified atom stereocenters. The highest BCUT2D eigenvalue weighted by Crippen LogP contribution is 2.21. The van der Waals surface area contributed by atoms with Crippen molar-refractivity contribution in [1.29, 1.82) is 0 Å². The molecule has 5 nitrogen and oxygen atoms in total. The fourth-order valence-electron chi connectivity index (χ4n) is 2.74. The summed E-state index contributed by atoms with van der Waals surface area (Å²) < 4.78 is 16.7. The molecule has 1 saturated heterocycles. The summed E-state index contributed by atoms with van der Waals surface area (Å²) in [6.45, 7) is 10.9. The maximum atomic E-state index is 6.16. The van der Waals surface area contributed by atoms with E-state index in [0.717, 1.165) is 45.7 Å². The van der Waals surface area contributed by atoms with Crippen LogP contribution >= 0.6 is 0 Å². The summed E-state index contributed by atoms with van der Waals surface area (Å²) in [4.78, 5) is 2.41. The van der Waals surface area contributed by atoms with Crippen molar-refractivity contribution in [3.63, 3.8) is 0 Å². The number of hydrogen-bond acceptors (Lipinski definition) is 5. The molecule has 0 amide bonds. The molecule has 21 heavy (non-hydrogen) atoms. The van der Waals surface area contributed by atoms with Gasteiger partial charge in [-0.3, -0.25) is 4.90 Å². The van der Waals surface area contributed by atoms with Crippen molar-refractivity contribution in [3.8, 4) is 0 Å². The van der Waals surface area contributed by atoms with Crippen molar-refractivity contribution in [2.24, 2.45) is 0 Å². The molecule has 0 aromatic rings. The van der Waals surface area contributed by atoms with Crippen LogP contribution in [0, 0.1) is 0 Å². The molecule has 0 saturated carbocycles. The highest BCUT2D eigenvalue weighted by molar-refractivity contribution is 4.80. The predicted octanol–water partition coefficient (Wildman–Crippen LogP) is 1.52. The van der Waals surface area contributed by atoms with Gasteiger partial charge in [0.25, 0.3) is 0 Å². The molecule has 1 aliphatic rings. The number of hydrogen-bond donors (Lipinski definition) is 1. The van der Waals surface area contributed by atoms with Gasteiger partial charge in [-0.25, -0.2) is 0 Å². The second-order valence-corrected chi connectivity index (χ2v) is 6.31. The van der Waals surface area contributed by atoms with Crippen LogP contribution in [0.5, 0.6) is 0 Å². The molecule has 0 aromatic carbocycles. The number of rotatable bonds is 11. The number of ether oxygens (including phenoxy) is 3. The minimum absolute atomic E-state index is 0.333. The van der Waals surface area contributed by atoms with Crippen LogP contribution in [0.25, 0.3) is 0 Å². The maximum Gasteiger partial charge on any atom is 0.0707 e. The smallest absolute Gasteiger partial charge is 0.0707 e. The van der Waals surface area contributed by atoms with Gasteiger partial charge in [-0.1, -0.05) is 13.8 Å². The first kappa shape index (κ1) is 18.8. The van der Waals surface area contributed by atoms with Crippen LogP contribution in [0.1, 0.15) is 33.6 Å². The van der Waals surface area contributed by atoms with Crippen molar-refractivity contribution in [2.45, 2.75) is 57.9 Å². The van der Waals surface area contributed by atoms with Gasteiger partial charge in [0.15, 0.2) is 0 Å². The lowest BCUT2D eigenvalue weighted by atomic mass is 10.1. The van der Waals surface area contributed by atoms with Crippen molar-refractivity contribution in [3.05, 3.63) is 0 Å². The average molecular weight is 302 g/mol. The molecule has 0 spiro atoms. The second-order valence-electron chi connectivity index (χ2n) is 6.31. The first-order valence-corrected chi connectivity index (χ1v) is 8.17. The van der Waals surface area contributed by atoms with Crippen LogP contribution in [-0.2, 0) is 14.2 Å². The largest absolute Gasteiger partial charge is 0.383 e. The molecule has 1 rings (SSSR count). The lowest BCUT2D eigenvalue weighted by Crippen LogP contribution is -2.43. The van der Waals surface area contributed by atoms with E-state index in [1.54, 1.807) is 14.2 Å². The van der Waals surface area contributed by atoms with Gasteiger partial charge < -0.3 is 19.5 Å². The Labute approximate surface area is 130 Å². The van der Waals surface area contributed by atoms with Gasteiger partial charge in [0.2, 0.25) is 0 Å². The summed E-state index contributed by atoms with van der Waals surface area (Å²) in [6, 6.07) is 0.911. The third-order valence-corrected chi connectivity index (χ3v) is 4.00. The quantitative estimate of drug-likeness (QED) is 0.627. The van der Waals surface area contributed by atoms with Gasteiger partial charge in [0.1, 0.15) is 0 Å². The minimum atomic E-state index is 0.333. The van der Waals surface area contributed by atoms with E-state index in [-0.39, 0.29) is 0 Å². The lowest BCUT2D eigenvalue weighted by molar-refractivity contribution is -0.000891. The number of nitrogens with zero attached hydrogens (tertiary/aromatic N) is 1. The SMILES string of the molecule is COCCN(CC1CCC(CNC(C)C)O1)C(C)COC. The van der Waals surface area contributed by atoms with E-state index in [1.807, 2.05) is 0 Å². The van der Waals surface area contributed by atoms with Crippen molar-refractivity contribution >= 4 is 0 Å². The van der Waals surface area contributed by atoms with Gasteiger partial charge in [0, 0.05) is 45.9 Å². The van der Waals surface area contributed by atoms with Crippen LogP contribution in [0.3, 0.4) is 0 Å². The maximum absolute atomic E-state index is 6.16. The van der Waals surface area contributed by atoms with Crippen LogP contribution in [0.2, 0.25) is 0 Å². The molecule has 3 atom stereocenters. The van der Waals surface area contributed by atoms with Gasteiger partial charge in [-0.15, -0.1) is 0 Å². The van der Waals surface area contributed by atoms with Gasteiger partial charge >= 0.3 is 0 Å². The monoisotopic (exact) mass is 302 g/mol. The van der Waals surface area contributed by atoms with Crippen molar-refractivity contribution in [2.75, 3.05) is 47.1 Å². The normalized spacial score (nSPS) is 24.1. The zero-order chi connectivity index (χ0) is 15.7. The van der Waals surface area contributed by atoms with E-state index >= 15 is 0 Å². The van der Waals surface area contributed by atoms with Gasteiger partial charge in [0.05, 0.1) is 25.4 Å².